The van der Waals surface area contributed by atoms with Crippen LogP contribution in [0.3, 0.4) is 0 Å². The molecule has 2 saturated heterocycles. The summed E-state index contributed by atoms with van der Waals surface area (Å²) in [4.78, 5) is 6.83. The van der Waals surface area contributed by atoms with Crippen LogP contribution >= 0.6 is 0 Å². The summed E-state index contributed by atoms with van der Waals surface area (Å²) in [5.41, 5.74) is 0. The highest BCUT2D eigenvalue weighted by Gasteiger charge is 2.31. The van der Waals surface area contributed by atoms with E-state index in [0.717, 1.165) is 37.8 Å². The van der Waals surface area contributed by atoms with E-state index in [1.807, 2.05) is 12.1 Å². The topological polar surface area (TPSA) is 82.1 Å². The van der Waals surface area contributed by atoms with Gasteiger partial charge in [-0.25, -0.2) is 8.42 Å². The van der Waals surface area contributed by atoms with Crippen LogP contribution in [0.2, 0.25) is 0 Å². The van der Waals surface area contributed by atoms with Crippen LogP contribution in [-0.2, 0) is 10.0 Å². The highest BCUT2D eigenvalue weighted by atomic mass is 32.2. The van der Waals surface area contributed by atoms with Gasteiger partial charge in [-0.2, -0.15) is 4.31 Å². The Morgan fingerprint density at radius 2 is 1.33 bits per heavy atom. The molecule has 0 bridgehead atoms. The Balaban J connectivity index is 1.40. The van der Waals surface area contributed by atoms with Crippen LogP contribution in [0.5, 0.6) is 5.75 Å². The molecule has 9 nitrogen and oxygen atoms in total. The number of hydrogen-bond donors (Lipinski definition) is 0. The number of hydrogen-bond acceptors (Lipinski definition) is 8. The van der Waals surface area contributed by atoms with E-state index >= 15 is 0 Å². The molecule has 2 aromatic rings. The van der Waals surface area contributed by atoms with Gasteiger partial charge in [-0.1, -0.05) is 12.1 Å². The van der Waals surface area contributed by atoms with E-state index in [4.69, 9.17) is 4.74 Å². The molecular weight excluding hydrogens is 404 g/mol. The second-order valence-corrected chi connectivity index (χ2v) is 9.49. The number of piperazine rings is 2. The van der Waals surface area contributed by atoms with Crippen LogP contribution in [0.15, 0.2) is 41.3 Å². The highest BCUT2D eigenvalue weighted by Crippen LogP contribution is 2.27. The van der Waals surface area contributed by atoms with Crippen molar-refractivity contribution in [1.29, 1.82) is 0 Å². The lowest BCUT2D eigenvalue weighted by Crippen LogP contribution is -2.49. The molecule has 3 heterocycles. The van der Waals surface area contributed by atoms with Gasteiger partial charge in [0.2, 0.25) is 10.0 Å². The average molecular weight is 433 g/mol. The molecule has 30 heavy (non-hydrogen) atoms. The van der Waals surface area contributed by atoms with E-state index < -0.39 is 10.0 Å². The van der Waals surface area contributed by atoms with Gasteiger partial charge in [-0.3, -0.25) is 0 Å². The van der Waals surface area contributed by atoms with Gasteiger partial charge in [0.15, 0.2) is 11.6 Å². The Hall–Kier alpha value is -2.43. The van der Waals surface area contributed by atoms with Crippen molar-refractivity contribution in [2.45, 2.75) is 4.90 Å². The van der Waals surface area contributed by atoms with E-state index in [9.17, 15) is 8.42 Å². The number of ether oxygens (including phenoxy) is 1. The Bertz CT molecular complexity index is 953. The lowest BCUT2D eigenvalue weighted by atomic mass is 10.3. The third-order valence-electron chi connectivity index (χ3n) is 5.71. The smallest absolute Gasteiger partial charge is 0.246 e. The molecule has 0 radical (unpaired) electrons. The molecule has 1 aromatic carbocycles. The minimum atomic E-state index is -3.60. The number of likely N-dealkylation sites (N-methyl/N-ethyl adjacent to an activating group) is 1. The van der Waals surface area contributed by atoms with E-state index in [1.54, 1.807) is 24.3 Å². The normalized spacial score (nSPS) is 19.1. The van der Waals surface area contributed by atoms with Crippen molar-refractivity contribution in [3.05, 3.63) is 36.4 Å². The fourth-order valence-electron chi connectivity index (χ4n) is 3.82. The molecule has 0 amide bonds. The first-order valence-electron chi connectivity index (χ1n) is 10.1. The van der Waals surface area contributed by atoms with Gasteiger partial charge in [0.1, 0.15) is 10.6 Å². The predicted molar refractivity (Wildman–Crippen MR) is 116 cm³/mol. The molecule has 162 valence electrons. The minimum Gasteiger partial charge on any atom is -0.495 e. The van der Waals surface area contributed by atoms with Gasteiger partial charge < -0.3 is 19.4 Å². The summed E-state index contributed by atoms with van der Waals surface area (Å²) in [5, 5.41) is 8.81. The van der Waals surface area contributed by atoms with Crippen molar-refractivity contribution >= 4 is 21.7 Å². The maximum absolute atomic E-state index is 13.0. The third kappa shape index (κ3) is 4.21. The first-order valence-corrected chi connectivity index (χ1v) is 11.6. The Kier molecular flexibility index (Phi) is 6.07. The van der Waals surface area contributed by atoms with Gasteiger partial charge in [0, 0.05) is 52.4 Å². The molecule has 0 atom stereocenters. The Morgan fingerprint density at radius 1 is 0.800 bits per heavy atom. The zero-order valence-corrected chi connectivity index (χ0v) is 18.3. The van der Waals surface area contributed by atoms with Gasteiger partial charge in [0.25, 0.3) is 0 Å². The average Bonchev–Trinajstić information content (AvgIpc) is 2.80. The molecule has 4 rings (SSSR count). The monoisotopic (exact) mass is 432 g/mol. The van der Waals surface area contributed by atoms with Crippen LogP contribution < -0.4 is 14.5 Å². The SMILES string of the molecule is COc1ccccc1S(=O)(=O)N1CCN(c2ccc(N3CCN(C)CC3)nn2)CC1. The standard InChI is InChI=1S/C20H28N6O3S/c1-23-9-11-24(12-10-23)19-7-8-20(22-21-19)25-13-15-26(16-14-25)30(27,28)18-6-4-3-5-17(18)29-2/h3-8H,9-16H2,1-2H3. The lowest BCUT2D eigenvalue weighted by Gasteiger charge is -2.35. The molecule has 0 N–H and O–H groups in total. The van der Waals surface area contributed by atoms with Crippen molar-refractivity contribution in [2.75, 3.05) is 76.3 Å². The number of nitrogens with zero attached hydrogens (tertiary/aromatic N) is 6. The van der Waals surface area contributed by atoms with Crippen molar-refractivity contribution in [2.24, 2.45) is 0 Å². The predicted octanol–water partition coefficient (Wildman–Crippen LogP) is 0.748. The number of para-hydroxylation sites is 1. The number of benzene rings is 1. The fraction of sp³-hybridized carbons (Fsp3) is 0.500. The van der Waals surface area contributed by atoms with E-state index in [-0.39, 0.29) is 4.90 Å². The number of rotatable bonds is 5. The molecule has 0 saturated carbocycles. The first kappa shape index (κ1) is 20.8. The Labute approximate surface area is 177 Å². The van der Waals surface area contributed by atoms with E-state index in [2.05, 4.69) is 31.9 Å². The maximum atomic E-state index is 13.0. The number of methoxy groups -OCH3 is 1. The first-order chi connectivity index (χ1) is 14.5. The second kappa shape index (κ2) is 8.75. The number of sulfonamides is 1. The molecule has 1 aromatic heterocycles. The molecule has 10 heteroatoms. The van der Waals surface area contributed by atoms with E-state index in [1.165, 1.54) is 11.4 Å². The summed E-state index contributed by atoms with van der Waals surface area (Å²) in [6, 6.07) is 10.7. The summed E-state index contributed by atoms with van der Waals surface area (Å²) in [6.45, 7) is 5.85. The summed E-state index contributed by atoms with van der Waals surface area (Å²) >= 11 is 0. The number of anilines is 2. The molecule has 0 spiro atoms. The van der Waals surface area contributed by atoms with Crippen molar-refractivity contribution in [3.63, 3.8) is 0 Å². The van der Waals surface area contributed by atoms with Crippen LogP contribution in [0.4, 0.5) is 11.6 Å². The van der Waals surface area contributed by atoms with Crippen LogP contribution in [0, 0.1) is 0 Å². The van der Waals surface area contributed by atoms with E-state index in [0.29, 0.717) is 31.9 Å². The largest absolute Gasteiger partial charge is 0.495 e. The van der Waals surface area contributed by atoms with Crippen molar-refractivity contribution in [1.82, 2.24) is 19.4 Å². The summed E-state index contributed by atoms with van der Waals surface area (Å²) in [7, 11) is 0.00657. The van der Waals surface area contributed by atoms with Gasteiger partial charge in [-0.05, 0) is 31.3 Å². The minimum absolute atomic E-state index is 0.206. The van der Waals surface area contributed by atoms with Crippen molar-refractivity contribution < 1.29 is 13.2 Å². The summed E-state index contributed by atoms with van der Waals surface area (Å²) in [5.74, 6) is 2.04. The highest BCUT2D eigenvalue weighted by molar-refractivity contribution is 7.89. The molecule has 0 unspecified atom stereocenters. The zero-order valence-electron chi connectivity index (χ0n) is 17.4. The Morgan fingerprint density at radius 3 is 1.87 bits per heavy atom. The van der Waals surface area contributed by atoms with Crippen molar-refractivity contribution in [3.8, 4) is 5.75 Å². The third-order valence-corrected chi connectivity index (χ3v) is 7.65. The molecular formula is C20H28N6O3S. The quantitative estimate of drug-likeness (QED) is 0.685. The zero-order chi connectivity index (χ0) is 21.1. The molecule has 0 aliphatic carbocycles. The second-order valence-electron chi connectivity index (χ2n) is 7.58. The van der Waals surface area contributed by atoms with Gasteiger partial charge >= 0.3 is 0 Å². The van der Waals surface area contributed by atoms with Gasteiger partial charge in [0.05, 0.1) is 7.11 Å². The summed E-state index contributed by atoms with van der Waals surface area (Å²) in [6.07, 6.45) is 0. The molecule has 2 aliphatic heterocycles. The number of aromatic nitrogens is 2. The van der Waals surface area contributed by atoms with Crippen LogP contribution in [0.1, 0.15) is 0 Å². The van der Waals surface area contributed by atoms with Crippen LogP contribution in [-0.4, -0.2) is 94.3 Å². The van der Waals surface area contributed by atoms with Crippen LogP contribution in [0.25, 0.3) is 0 Å². The van der Waals surface area contributed by atoms with Gasteiger partial charge in [-0.15, -0.1) is 10.2 Å². The summed E-state index contributed by atoms with van der Waals surface area (Å²) < 4.78 is 32.8. The molecule has 2 aliphatic rings. The lowest BCUT2D eigenvalue weighted by molar-refractivity contribution is 0.312. The fourth-order valence-corrected chi connectivity index (χ4v) is 5.40. The molecule has 2 fully saturated rings. The maximum Gasteiger partial charge on any atom is 0.246 e.